The number of anilines is 1. The van der Waals surface area contributed by atoms with Gasteiger partial charge in [-0.1, -0.05) is 23.8 Å². The number of fused-ring (bicyclic) bond motifs is 2. The number of nitrogens with zero attached hydrogens (tertiary/aromatic N) is 2. The van der Waals surface area contributed by atoms with Gasteiger partial charge in [0.2, 0.25) is 5.76 Å². The number of thiazole rings is 1. The number of carbonyl (C=O) groups is 1. The average Bonchev–Trinajstić information content (AvgIpc) is 3.20. The molecule has 0 unspecified atom stereocenters. The summed E-state index contributed by atoms with van der Waals surface area (Å²) in [5.41, 5.74) is 2.72. The van der Waals surface area contributed by atoms with E-state index >= 15 is 0 Å². The van der Waals surface area contributed by atoms with Crippen molar-refractivity contribution in [2.45, 2.75) is 26.8 Å². The maximum atomic E-state index is 13.6. The van der Waals surface area contributed by atoms with Crippen LogP contribution in [0.15, 0.2) is 51.7 Å². The fourth-order valence-electron chi connectivity index (χ4n) is 3.80. The molecule has 4 aromatic rings. The van der Waals surface area contributed by atoms with E-state index in [0.717, 1.165) is 16.1 Å². The van der Waals surface area contributed by atoms with E-state index < -0.39 is 17.8 Å². The molecule has 2 aromatic carbocycles. The van der Waals surface area contributed by atoms with Gasteiger partial charge in [0, 0.05) is 4.88 Å². The van der Waals surface area contributed by atoms with Gasteiger partial charge in [0.25, 0.3) is 5.91 Å². The predicted molar refractivity (Wildman–Crippen MR) is 114 cm³/mol. The van der Waals surface area contributed by atoms with E-state index in [-0.39, 0.29) is 16.8 Å². The fourth-order valence-corrected chi connectivity index (χ4v) is 4.74. The lowest BCUT2D eigenvalue weighted by atomic mass is 9.98. The first kappa shape index (κ1) is 18.7. The van der Waals surface area contributed by atoms with Crippen molar-refractivity contribution in [3.63, 3.8) is 0 Å². The van der Waals surface area contributed by atoms with Crippen molar-refractivity contribution >= 4 is 33.3 Å². The van der Waals surface area contributed by atoms with Crippen LogP contribution in [-0.2, 0) is 0 Å². The second-order valence-electron chi connectivity index (χ2n) is 7.44. The molecule has 1 aliphatic rings. The molecule has 7 heteroatoms. The predicted octanol–water partition coefficient (Wildman–Crippen LogP) is 5.06. The molecule has 150 valence electrons. The molecule has 3 heterocycles. The largest absolute Gasteiger partial charge is 0.450 e. The van der Waals surface area contributed by atoms with Crippen LogP contribution in [0.4, 0.5) is 9.52 Å². The summed E-state index contributed by atoms with van der Waals surface area (Å²) >= 11 is 1.38. The zero-order chi connectivity index (χ0) is 21.2. The van der Waals surface area contributed by atoms with Crippen molar-refractivity contribution in [1.82, 2.24) is 4.98 Å². The van der Waals surface area contributed by atoms with Gasteiger partial charge >= 0.3 is 0 Å². The van der Waals surface area contributed by atoms with Gasteiger partial charge in [0.05, 0.1) is 22.7 Å². The third-order valence-electron chi connectivity index (χ3n) is 5.43. The highest BCUT2D eigenvalue weighted by Gasteiger charge is 2.45. The van der Waals surface area contributed by atoms with Crippen LogP contribution in [0.2, 0.25) is 0 Å². The molecule has 1 atom stereocenters. The molecule has 0 spiro atoms. The Hall–Kier alpha value is -3.32. The van der Waals surface area contributed by atoms with Crippen molar-refractivity contribution in [1.29, 1.82) is 0 Å². The van der Waals surface area contributed by atoms with Crippen LogP contribution in [0, 0.1) is 26.6 Å². The van der Waals surface area contributed by atoms with Crippen LogP contribution in [0.5, 0.6) is 0 Å². The van der Waals surface area contributed by atoms with E-state index in [0.29, 0.717) is 21.7 Å². The Bertz CT molecular complexity index is 1370. The molecule has 30 heavy (non-hydrogen) atoms. The number of halogens is 1. The van der Waals surface area contributed by atoms with Gasteiger partial charge in [0.1, 0.15) is 11.4 Å². The quantitative estimate of drug-likeness (QED) is 0.455. The second kappa shape index (κ2) is 6.60. The van der Waals surface area contributed by atoms with Gasteiger partial charge < -0.3 is 4.42 Å². The van der Waals surface area contributed by atoms with Crippen LogP contribution < -0.4 is 10.3 Å². The molecule has 0 saturated carbocycles. The topological polar surface area (TPSA) is 63.4 Å². The number of aryl methyl sites for hydroxylation is 3. The van der Waals surface area contributed by atoms with Gasteiger partial charge in [-0.2, -0.15) is 0 Å². The lowest BCUT2D eigenvalue weighted by Crippen LogP contribution is -2.29. The third kappa shape index (κ3) is 2.69. The monoisotopic (exact) mass is 420 g/mol. The molecule has 0 aliphatic carbocycles. The van der Waals surface area contributed by atoms with Crippen LogP contribution in [-0.4, -0.2) is 10.9 Å². The Labute approximate surface area is 175 Å². The van der Waals surface area contributed by atoms with Gasteiger partial charge in [0.15, 0.2) is 10.6 Å². The molecule has 0 N–H and O–H groups in total. The van der Waals surface area contributed by atoms with Crippen molar-refractivity contribution < 1.29 is 13.6 Å². The molecule has 0 bridgehead atoms. The van der Waals surface area contributed by atoms with E-state index in [1.165, 1.54) is 28.4 Å². The van der Waals surface area contributed by atoms with Crippen LogP contribution in [0.25, 0.3) is 11.0 Å². The fraction of sp³-hybridized carbons (Fsp3) is 0.174. The third-order valence-corrected chi connectivity index (χ3v) is 6.51. The van der Waals surface area contributed by atoms with E-state index in [9.17, 15) is 14.0 Å². The van der Waals surface area contributed by atoms with Gasteiger partial charge in [-0.25, -0.2) is 9.37 Å². The average molecular weight is 420 g/mol. The molecular formula is C23H17FN2O3S. The molecule has 5 nitrogen and oxygen atoms in total. The van der Waals surface area contributed by atoms with Crippen molar-refractivity contribution in [3.05, 3.63) is 91.5 Å². The van der Waals surface area contributed by atoms with Gasteiger partial charge in [-0.15, -0.1) is 11.3 Å². The Morgan fingerprint density at radius 2 is 1.80 bits per heavy atom. The Balaban J connectivity index is 1.82. The Morgan fingerprint density at radius 3 is 2.47 bits per heavy atom. The van der Waals surface area contributed by atoms with Crippen molar-refractivity contribution in [2.75, 3.05) is 4.90 Å². The zero-order valence-corrected chi connectivity index (χ0v) is 17.3. The highest BCUT2D eigenvalue weighted by Crippen LogP contribution is 2.42. The lowest BCUT2D eigenvalue weighted by molar-refractivity contribution is 0.0971. The summed E-state index contributed by atoms with van der Waals surface area (Å²) in [7, 11) is 0. The number of amides is 1. The summed E-state index contributed by atoms with van der Waals surface area (Å²) in [5, 5.41) is 0.900. The van der Waals surface area contributed by atoms with Crippen molar-refractivity contribution in [3.8, 4) is 0 Å². The number of hydrogen-bond donors (Lipinski definition) is 0. The smallest absolute Gasteiger partial charge is 0.297 e. The molecule has 0 fully saturated rings. The van der Waals surface area contributed by atoms with Crippen LogP contribution in [0.1, 0.15) is 43.9 Å². The molecule has 0 saturated heterocycles. The highest BCUT2D eigenvalue weighted by atomic mass is 32.1. The SMILES string of the molecule is Cc1ccc2oc3c(c(=O)c2c1)[C@H](c1ccc(F)cc1)N(c1nc(C)c(C)s1)C3=O. The van der Waals surface area contributed by atoms with Crippen LogP contribution in [0.3, 0.4) is 0 Å². The standard InChI is InChI=1S/C23H17FN2O3S/c1-11-4-9-17-16(10-11)20(27)18-19(14-5-7-15(24)8-6-14)26(22(28)21(18)29-17)23-25-12(2)13(3)30-23/h4-10,19H,1-3H3/t19-/m0/s1. The summed E-state index contributed by atoms with van der Waals surface area (Å²) in [4.78, 5) is 33.9. The van der Waals surface area contributed by atoms with Gasteiger partial charge in [-0.05, 0) is 50.6 Å². The minimum Gasteiger partial charge on any atom is -0.450 e. The summed E-state index contributed by atoms with van der Waals surface area (Å²) in [6, 6.07) is 10.4. The molecule has 0 radical (unpaired) electrons. The normalized spacial score (nSPS) is 15.8. The van der Waals surface area contributed by atoms with Crippen LogP contribution >= 0.6 is 11.3 Å². The number of carbonyl (C=O) groups excluding carboxylic acids is 1. The Kier molecular flexibility index (Phi) is 4.11. The summed E-state index contributed by atoms with van der Waals surface area (Å²) < 4.78 is 19.5. The lowest BCUT2D eigenvalue weighted by Gasteiger charge is -2.22. The zero-order valence-electron chi connectivity index (χ0n) is 16.5. The highest BCUT2D eigenvalue weighted by molar-refractivity contribution is 7.15. The maximum Gasteiger partial charge on any atom is 0.297 e. The number of hydrogen-bond acceptors (Lipinski definition) is 5. The summed E-state index contributed by atoms with van der Waals surface area (Å²) in [6.45, 7) is 5.69. The molecule has 1 amide bonds. The minimum absolute atomic E-state index is 0.0104. The van der Waals surface area contributed by atoms with E-state index in [1.54, 1.807) is 24.3 Å². The van der Waals surface area contributed by atoms with E-state index in [4.69, 9.17) is 4.42 Å². The van der Waals surface area contributed by atoms with E-state index in [1.807, 2.05) is 26.8 Å². The number of benzene rings is 2. The number of rotatable bonds is 2. The second-order valence-corrected chi connectivity index (χ2v) is 8.62. The maximum absolute atomic E-state index is 13.6. The summed E-state index contributed by atoms with van der Waals surface area (Å²) in [5.74, 6) is -0.805. The molecule has 1 aliphatic heterocycles. The molecule has 5 rings (SSSR count). The van der Waals surface area contributed by atoms with Gasteiger partial charge in [-0.3, -0.25) is 14.5 Å². The number of aromatic nitrogens is 1. The first-order valence-corrected chi connectivity index (χ1v) is 10.3. The Morgan fingerprint density at radius 1 is 1.07 bits per heavy atom. The minimum atomic E-state index is -0.737. The first-order chi connectivity index (χ1) is 14.3. The van der Waals surface area contributed by atoms with Crippen molar-refractivity contribution in [2.24, 2.45) is 0 Å². The van der Waals surface area contributed by atoms with E-state index in [2.05, 4.69) is 4.98 Å². The first-order valence-electron chi connectivity index (χ1n) is 9.45. The molecule has 2 aromatic heterocycles. The summed E-state index contributed by atoms with van der Waals surface area (Å²) in [6.07, 6.45) is 0. The molecular weight excluding hydrogens is 403 g/mol.